The Morgan fingerprint density at radius 1 is 1.53 bits per heavy atom. The van der Waals surface area contributed by atoms with Gasteiger partial charge in [0.15, 0.2) is 0 Å². The lowest BCUT2D eigenvalue weighted by Gasteiger charge is -2.23. The van der Waals surface area contributed by atoms with Crippen molar-refractivity contribution < 1.29 is 0 Å². The Morgan fingerprint density at radius 2 is 2.40 bits per heavy atom. The molecule has 0 amide bonds. The molecule has 2 fully saturated rings. The van der Waals surface area contributed by atoms with Crippen LogP contribution in [-0.4, -0.2) is 12.4 Å². The molecule has 2 aliphatic carbocycles. The first kappa shape index (κ1) is 10.7. The predicted octanol–water partition coefficient (Wildman–Crippen LogP) is 3.61. The lowest BCUT2D eigenvalue weighted by molar-refractivity contribution is 0.342. The fourth-order valence-corrected chi connectivity index (χ4v) is 3.45. The van der Waals surface area contributed by atoms with E-state index < -0.39 is 0 Å². The van der Waals surface area contributed by atoms with Crippen LogP contribution in [0.5, 0.6) is 0 Å². The van der Waals surface area contributed by atoms with Gasteiger partial charge in [-0.3, -0.25) is 0 Å². The van der Waals surface area contributed by atoms with Gasteiger partial charge in [-0.15, -0.1) is 0 Å². The summed E-state index contributed by atoms with van der Waals surface area (Å²) < 4.78 is 0. The van der Waals surface area contributed by atoms with E-state index in [0.717, 1.165) is 24.3 Å². The Hall–Kier alpha value is -0.810. The topological polar surface area (TPSA) is 12.4 Å². The summed E-state index contributed by atoms with van der Waals surface area (Å²) in [5.41, 5.74) is 1.74. The van der Waals surface area contributed by atoms with Crippen LogP contribution >= 0.6 is 0 Å². The van der Waals surface area contributed by atoms with E-state index >= 15 is 0 Å². The average molecular weight is 203 g/mol. The first-order chi connectivity index (χ1) is 7.35. The lowest BCUT2D eigenvalue weighted by atomic mass is 9.83. The van der Waals surface area contributed by atoms with Crippen LogP contribution in [-0.2, 0) is 0 Å². The van der Waals surface area contributed by atoms with Crippen molar-refractivity contribution in [1.82, 2.24) is 0 Å². The molecule has 0 N–H and O–H groups in total. The summed E-state index contributed by atoms with van der Waals surface area (Å²) in [5.74, 6) is 5.53. The van der Waals surface area contributed by atoms with Gasteiger partial charge in [-0.25, -0.2) is 4.99 Å². The molecule has 0 aromatic heterocycles. The highest BCUT2D eigenvalue weighted by atomic mass is 14.7. The molecule has 3 unspecified atom stereocenters. The summed E-state index contributed by atoms with van der Waals surface area (Å²) in [6, 6.07) is 0. The van der Waals surface area contributed by atoms with Crippen LogP contribution in [0.4, 0.5) is 0 Å². The number of fused-ring (bicyclic) bond motifs is 2. The summed E-state index contributed by atoms with van der Waals surface area (Å²) in [4.78, 5) is 4.05. The van der Waals surface area contributed by atoms with Crippen molar-refractivity contribution in [2.45, 2.75) is 39.0 Å². The van der Waals surface area contributed by atoms with Gasteiger partial charge in [-0.2, -0.15) is 0 Å². The first-order valence-corrected chi connectivity index (χ1v) is 6.18. The maximum absolute atomic E-state index is 4.05. The van der Waals surface area contributed by atoms with Crippen LogP contribution in [0.1, 0.15) is 39.0 Å². The van der Waals surface area contributed by atoms with E-state index in [4.69, 9.17) is 0 Å². The van der Waals surface area contributed by atoms with Crippen LogP contribution in [0, 0.1) is 17.8 Å². The molecular weight excluding hydrogens is 182 g/mol. The van der Waals surface area contributed by atoms with E-state index in [1.165, 1.54) is 32.1 Å². The third-order valence-corrected chi connectivity index (χ3v) is 4.19. The molecule has 15 heavy (non-hydrogen) atoms. The van der Waals surface area contributed by atoms with E-state index in [0.29, 0.717) is 0 Å². The Kier molecular flexibility index (Phi) is 3.43. The second-order valence-corrected chi connectivity index (χ2v) is 4.94. The third-order valence-electron chi connectivity index (χ3n) is 4.19. The maximum atomic E-state index is 4.05. The number of nitrogens with zero attached hydrogens (tertiary/aromatic N) is 1. The third kappa shape index (κ3) is 2.23. The van der Waals surface area contributed by atoms with Gasteiger partial charge in [0.1, 0.15) is 0 Å². The molecule has 0 aromatic carbocycles. The molecule has 82 valence electrons. The molecule has 0 heterocycles. The maximum Gasteiger partial charge on any atom is 0.0483 e. The second kappa shape index (κ2) is 4.81. The summed E-state index contributed by atoms with van der Waals surface area (Å²) in [5, 5.41) is 0. The van der Waals surface area contributed by atoms with E-state index in [9.17, 15) is 0 Å². The number of hydrogen-bond acceptors (Lipinski definition) is 1. The van der Waals surface area contributed by atoms with Crippen molar-refractivity contribution in [1.29, 1.82) is 0 Å². The Labute approximate surface area is 93.0 Å². The van der Waals surface area contributed by atoms with Crippen LogP contribution in [0.2, 0.25) is 0 Å². The normalized spacial score (nSPS) is 35.8. The first-order valence-electron chi connectivity index (χ1n) is 6.18. The zero-order valence-corrected chi connectivity index (χ0v) is 9.71. The quantitative estimate of drug-likeness (QED) is 0.376. The average Bonchev–Trinajstić information content (AvgIpc) is 2.83. The molecule has 0 saturated heterocycles. The summed E-state index contributed by atoms with van der Waals surface area (Å²) in [7, 11) is 0. The van der Waals surface area contributed by atoms with Gasteiger partial charge >= 0.3 is 0 Å². The van der Waals surface area contributed by atoms with Gasteiger partial charge in [0.25, 0.3) is 0 Å². The van der Waals surface area contributed by atoms with Crippen LogP contribution in [0.25, 0.3) is 0 Å². The molecule has 3 atom stereocenters. The minimum Gasteiger partial charge on any atom is -0.244 e. The van der Waals surface area contributed by atoms with Crippen molar-refractivity contribution in [3.8, 4) is 0 Å². The summed E-state index contributed by atoms with van der Waals surface area (Å²) >= 11 is 0. The molecule has 0 radical (unpaired) electrons. The van der Waals surface area contributed by atoms with Gasteiger partial charge in [0.2, 0.25) is 0 Å². The Balaban J connectivity index is 1.77. The second-order valence-electron chi connectivity index (χ2n) is 4.94. The molecular formula is C14H21N. The van der Waals surface area contributed by atoms with Crippen molar-refractivity contribution in [2.24, 2.45) is 22.7 Å². The summed E-state index contributed by atoms with van der Waals surface area (Å²) in [6.45, 7) is 6.61. The fourth-order valence-electron chi connectivity index (χ4n) is 3.45. The molecule has 2 rings (SSSR count). The minimum atomic E-state index is 0.924. The van der Waals surface area contributed by atoms with Gasteiger partial charge < -0.3 is 0 Å². The number of allylic oxidation sites excluding steroid dienone is 2. The molecule has 1 heteroatoms. The molecule has 0 aromatic rings. The lowest BCUT2D eigenvalue weighted by Crippen LogP contribution is -2.12. The van der Waals surface area contributed by atoms with Crippen molar-refractivity contribution in [2.75, 3.05) is 6.54 Å². The monoisotopic (exact) mass is 203 g/mol. The predicted molar refractivity (Wildman–Crippen MR) is 65.2 cm³/mol. The Bertz CT molecular complexity index is 296. The molecule has 2 aliphatic rings. The van der Waals surface area contributed by atoms with Gasteiger partial charge in [-0.1, -0.05) is 11.6 Å². The van der Waals surface area contributed by atoms with Gasteiger partial charge in [0.05, 0.1) is 0 Å². The minimum absolute atomic E-state index is 0.924. The number of rotatable bonds is 4. The highest BCUT2D eigenvalue weighted by Gasteiger charge is 2.41. The molecule has 1 nitrogen and oxygen atoms in total. The van der Waals surface area contributed by atoms with Crippen molar-refractivity contribution >= 4 is 5.87 Å². The summed E-state index contributed by atoms with van der Waals surface area (Å²) in [6.07, 6.45) is 9.24. The SMILES string of the molecule is C=C=NCCCC1CC2CC1C/C2=C\C. The van der Waals surface area contributed by atoms with Crippen molar-refractivity contribution in [3.05, 3.63) is 18.2 Å². The Morgan fingerprint density at radius 3 is 3.00 bits per heavy atom. The highest BCUT2D eigenvalue weighted by molar-refractivity contribution is 5.46. The number of hydrogen-bond donors (Lipinski definition) is 0. The zero-order chi connectivity index (χ0) is 10.7. The van der Waals surface area contributed by atoms with Crippen molar-refractivity contribution in [3.63, 3.8) is 0 Å². The zero-order valence-electron chi connectivity index (χ0n) is 9.71. The van der Waals surface area contributed by atoms with E-state index in [2.05, 4.69) is 30.4 Å². The van der Waals surface area contributed by atoms with Gasteiger partial charge in [-0.05, 0) is 69.2 Å². The molecule has 0 aliphatic heterocycles. The van der Waals surface area contributed by atoms with E-state index in [1.807, 2.05) is 0 Å². The van der Waals surface area contributed by atoms with Gasteiger partial charge in [0, 0.05) is 6.54 Å². The van der Waals surface area contributed by atoms with E-state index in [-0.39, 0.29) is 0 Å². The largest absolute Gasteiger partial charge is 0.244 e. The fraction of sp³-hybridized carbons (Fsp3) is 0.714. The standard InChI is InChI=1S/C14H21N/c1-3-11-8-14-10-13(11)9-12(14)6-5-7-15-4-2/h3,12-14H,2,5-10H2,1H3/b11-3+. The smallest absolute Gasteiger partial charge is 0.0483 e. The molecule has 0 spiro atoms. The highest BCUT2D eigenvalue weighted by Crippen LogP contribution is 2.52. The molecule has 2 bridgehead atoms. The van der Waals surface area contributed by atoms with Crippen LogP contribution in [0.15, 0.2) is 23.2 Å². The van der Waals surface area contributed by atoms with E-state index in [1.54, 1.807) is 5.57 Å². The number of aliphatic imine (C=N–C) groups is 1. The van der Waals surface area contributed by atoms with Crippen LogP contribution in [0.3, 0.4) is 0 Å². The molecule has 2 saturated carbocycles. The van der Waals surface area contributed by atoms with Crippen LogP contribution < -0.4 is 0 Å².